The molecule has 0 radical (unpaired) electrons. The predicted octanol–water partition coefficient (Wildman–Crippen LogP) is 14.0. The van der Waals surface area contributed by atoms with Crippen molar-refractivity contribution in [1.29, 1.82) is 0 Å². The van der Waals surface area contributed by atoms with Crippen LogP contribution in [0.25, 0.3) is 68.4 Å². The largest absolute Gasteiger partial charge is 0.481 e. The van der Waals surface area contributed by atoms with Gasteiger partial charge in [-0.25, -0.2) is 19.9 Å². The van der Waals surface area contributed by atoms with Crippen molar-refractivity contribution < 1.29 is 48.0 Å². The van der Waals surface area contributed by atoms with Crippen molar-refractivity contribution >= 4 is 74.4 Å². The van der Waals surface area contributed by atoms with Crippen LogP contribution in [0.4, 0.5) is 0 Å². The van der Waals surface area contributed by atoms with Crippen LogP contribution in [-0.4, -0.2) is 83.4 Å². The minimum atomic E-state index is -0.845. The molecule has 0 atom stereocenters. The number of hydrogen-bond acceptors (Lipinski definition) is 8. The number of benzene rings is 8. The number of aliphatic hydroxyl groups is 1. The first-order valence-corrected chi connectivity index (χ1v) is 29.0. The molecule has 4 aromatic heterocycles. The van der Waals surface area contributed by atoms with E-state index in [1.807, 2.05) is 48.6 Å². The molecule has 450 valence electrons. The van der Waals surface area contributed by atoms with Crippen LogP contribution in [0.1, 0.15) is 74.7 Å². The summed E-state index contributed by atoms with van der Waals surface area (Å²) < 4.78 is 9.27. The average Bonchev–Trinajstić information content (AvgIpc) is 2.05. The van der Waals surface area contributed by atoms with Crippen molar-refractivity contribution in [1.82, 2.24) is 48.0 Å². The molecule has 0 spiro atoms. The van der Waals surface area contributed by atoms with Crippen LogP contribution in [0.15, 0.2) is 220 Å². The molecule has 0 aliphatic heterocycles. The Morgan fingerprint density at radius 2 is 0.602 bits per heavy atom. The number of carbonyl (C=O) groups is 1. The number of aliphatic carboxylic acids is 1. The van der Waals surface area contributed by atoms with E-state index < -0.39 is 12.1 Å². The summed E-state index contributed by atoms with van der Waals surface area (Å²) in [6.07, 6.45) is 6.64. The normalized spacial score (nSPS) is 11.2. The van der Waals surface area contributed by atoms with Gasteiger partial charge in [-0.3, -0.25) is 14.6 Å². The molecule has 0 bridgehead atoms. The van der Waals surface area contributed by atoms with Gasteiger partial charge in [0.2, 0.25) is 0 Å². The first kappa shape index (κ1) is 63.4. The molecule has 0 aliphatic carbocycles. The second-order valence-corrected chi connectivity index (χ2v) is 21.7. The van der Waals surface area contributed by atoms with E-state index in [1.54, 1.807) is 0 Å². The summed E-state index contributed by atoms with van der Waals surface area (Å²) in [5.41, 5.74) is 16.8. The fraction of sp³-hybridized carbons (Fsp3) is 0.164. The Morgan fingerprint density at radius 1 is 0.398 bits per heavy atom. The van der Waals surface area contributed by atoms with E-state index in [2.05, 4.69) is 224 Å². The van der Waals surface area contributed by atoms with Gasteiger partial charge in [-0.2, -0.15) is 0 Å². The molecule has 2 N–H and O–H groups in total. The molecule has 0 amide bonds. The van der Waals surface area contributed by atoms with Crippen LogP contribution < -0.4 is 0 Å². The standard InChI is InChI=1S/C71H66N10O.C2H4O2.2Ni/c1-5-51-25-33-55(34-26-51)41-78-64-21-13-9-17-60(64)72-68(78)47-76(48-69-73-61-18-10-14-22-65(61)79(69)42-56-35-27-52(6-2)28-36-56)45-59(82)46-77(49-70-74-62-19-11-15-23-66(62)80(70)43-57-37-29-53(7-3)30-38-57)50-71-75-63-20-12-16-24-67(63)81(71)44-58-39-31-54(8-4)32-40-58;1-2(3)4;;/h5-40,59,82H,1-4,41-50H2;1H3,(H,3,4);;. The fourth-order valence-electron chi connectivity index (χ4n) is 11.3. The van der Waals surface area contributed by atoms with Gasteiger partial charge in [0.15, 0.2) is 0 Å². The average molecular weight is 1250 g/mol. The number of aliphatic hydroxyl groups excluding tert-OH is 1. The molecular formula is C73H70N10Ni2O3. The number of aromatic nitrogens is 8. The minimum Gasteiger partial charge on any atom is -0.481 e. The van der Waals surface area contributed by atoms with E-state index in [-0.39, 0.29) is 33.0 Å². The fourth-order valence-corrected chi connectivity index (χ4v) is 11.3. The van der Waals surface area contributed by atoms with Crippen LogP contribution in [0.3, 0.4) is 0 Å². The molecule has 0 unspecified atom stereocenters. The molecular weight excluding hydrogens is 1180 g/mol. The van der Waals surface area contributed by atoms with E-state index in [0.717, 1.165) is 119 Å². The summed E-state index contributed by atoms with van der Waals surface area (Å²) in [7, 11) is 0. The van der Waals surface area contributed by atoms with Gasteiger partial charge in [0.25, 0.3) is 5.97 Å². The van der Waals surface area contributed by atoms with Crippen molar-refractivity contribution in [3.63, 3.8) is 0 Å². The summed E-state index contributed by atoms with van der Waals surface area (Å²) in [5, 5.41) is 20.5. The van der Waals surface area contributed by atoms with Gasteiger partial charge < -0.3 is 28.5 Å². The molecule has 12 aromatic rings. The van der Waals surface area contributed by atoms with E-state index >= 15 is 0 Å². The number of rotatable bonds is 24. The summed E-state index contributed by atoms with van der Waals surface area (Å²) >= 11 is 0. The third-order valence-corrected chi connectivity index (χ3v) is 15.6. The van der Waals surface area contributed by atoms with Crippen LogP contribution in [-0.2, 0) is 90.1 Å². The number of hydrogen-bond donors (Lipinski definition) is 2. The first-order valence-electron chi connectivity index (χ1n) is 29.0. The molecule has 0 saturated heterocycles. The van der Waals surface area contributed by atoms with Gasteiger partial charge in [0.1, 0.15) is 23.3 Å². The van der Waals surface area contributed by atoms with E-state index in [4.69, 9.17) is 29.8 Å². The minimum absolute atomic E-state index is 0. The van der Waals surface area contributed by atoms with Gasteiger partial charge in [0.05, 0.1) is 76.4 Å². The Kier molecular flexibility index (Phi) is 21.3. The van der Waals surface area contributed by atoms with Gasteiger partial charge in [-0.15, -0.1) is 0 Å². The van der Waals surface area contributed by atoms with Crippen LogP contribution in [0.2, 0.25) is 0 Å². The Balaban J connectivity index is 0.00000149. The molecule has 0 fully saturated rings. The van der Waals surface area contributed by atoms with Crippen LogP contribution in [0.5, 0.6) is 0 Å². The molecule has 0 aliphatic rings. The van der Waals surface area contributed by atoms with Gasteiger partial charge >= 0.3 is 0 Å². The number of imidazole rings is 4. The maximum Gasteiger partial charge on any atom is 0.300 e. The third-order valence-electron chi connectivity index (χ3n) is 15.6. The number of carboxylic acids is 1. The zero-order valence-corrected chi connectivity index (χ0v) is 51.1. The Bertz CT molecular complexity index is 3810. The number of fused-ring (bicyclic) bond motifs is 4. The maximum atomic E-state index is 13.1. The SMILES string of the molecule is C=Cc1ccc(Cn2c(CN(Cc3nc4ccccc4n3Cc3ccc(C=C)cc3)CC(O)CN(Cc3nc4ccccc4n3Cc3ccc(C=C)cc3)Cc3nc4ccccc4n3Cc3ccc(C=C)cc3)nc3ccccc32)cc1.CC(=O)O.[Ni].[Ni]. The Hall–Kier alpha value is -9.06. The van der Waals surface area contributed by atoms with Crippen molar-refractivity contribution in [2.45, 2.75) is 65.4 Å². The quantitative estimate of drug-likeness (QED) is 0.0567. The zero-order chi connectivity index (χ0) is 59.5. The number of para-hydroxylation sites is 8. The molecule has 0 saturated carbocycles. The van der Waals surface area contributed by atoms with Crippen LogP contribution in [0, 0.1) is 0 Å². The summed E-state index contributed by atoms with van der Waals surface area (Å²) in [6.45, 7) is 21.9. The topological polar surface area (TPSA) is 135 Å². The molecule has 88 heavy (non-hydrogen) atoms. The molecule has 13 nitrogen and oxygen atoms in total. The van der Waals surface area contributed by atoms with E-state index in [9.17, 15) is 5.11 Å². The zero-order valence-electron chi connectivity index (χ0n) is 49.2. The van der Waals surface area contributed by atoms with Crippen molar-refractivity contribution in [2.75, 3.05) is 13.1 Å². The first-order chi connectivity index (χ1) is 42.0. The Labute approximate surface area is 533 Å². The second-order valence-electron chi connectivity index (χ2n) is 21.7. The monoisotopic (exact) mass is 1250 g/mol. The van der Waals surface area contributed by atoms with E-state index in [1.165, 1.54) is 0 Å². The van der Waals surface area contributed by atoms with Crippen LogP contribution >= 0.6 is 0 Å². The van der Waals surface area contributed by atoms with Crippen molar-refractivity contribution in [2.24, 2.45) is 0 Å². The molecule has 8 aromatic carbocycles. The molecule has 4 heterocycles. The van der Waals surface area contributed by atoms with Crippen molar-refractivity contribution in [3.8, 4) is 0 Å². The summed E-state index contributed by atoms with van der Waals surface area (Å²) in [6, 6.07) is 67.5. The number of carboxylic acid groups (broad SMARTS) is 1. The summed E-state index contributed by atoms with van der Waals surface area (Å²) in [4.78, 5) is 35.0. The third kappa shape index (κ3) is 15.2. The van der Waals surface area contributed by atoms with E-state index in [0.29, 0.717) is 65.4 Å². The smallest absolute Gasteiger partial charge is 0.300 e. The molecule has 12 rings (SSSR count). The van der Waals surface area contributed by atoms with Gasteiger partial charge in [-0.1, -0.05) is 196 Å². The van der Waals surface area contributed by atoms with Gasteiger partial charge in [0, 0.05) is 79.2 Å². The summed E-state index contributed by atoms with van der Waals surface area (Å²) in [5.74, 6) is 2.74. The second kappa shape index (κ2) is 29.6. The Morgan fingerprint density at radius 3 is 0.807 bits per heavy atom. The maximum absolute atomic E-state index is 13.1. The molecule has 15 heteroatoms. The van der Waals surface area contributed by atoms with Crippen molar-refractivity contribution in [3.05, 3.63) is 288 Å². The number of nitrogens with zero attached hydrogens (tertiary/aromatic N) is 10. The predicted molar refractivity (Wildman–Crippen MR) is 349 cm³/mol. The van der Waals surface area contributed by atoms with Gasteiger partial charge in [-0.05, 0) is 93.0 Å².